The number of aromatic nitrogens is 2. The largest absolute Gasteiger partial charge is 0.343 e. The van der Waals surface area contributed by atoms with Gasteiger partial charge in [0, 0.05) is 36.0 Å². The lowest BCUT2D eigenvalue weighted by Gasteiger charge is -2.30. The maximum Gasteiger partial charge on any atom is 0.230 e. The molecule has 1 amide bonds. The third-order valence-corrected chi connectivity index (χ3v) is 4.58. The molecule has 0 unspecified atom stereocenters. The van der Waals surface area contributed by atoms with E-state index in [0.717, 1.165) is 31.5 Å². The van der Waals surface area contributed by atoms with Gasteiger partial charge in [0.15, 0.2) is 0 Å². The van der Waals surface area contributed by atoms with Gasteiger partial charge in [-0.15, -0.1) is 0 Å². The zero-order valence-electron chi connectivity index (χ0n) is 14.0. The lowest BCUT2D eigenvalue weighted by Crippen LogP contribution is -2.38. The summed E-state index contributed by atoms with van der Waals surface area (Å²) in [5.74, 6) is 2.11. The van der Waals surface area contributed by atoms with Gasteiger partial charge in [0.1, 0.15) is 0 Å². The number of halogens is 1. The molecule has 5 nitrogen and oxygen atoms in total. The Morgan fingerprint density at radius 3 is 2.58 bits per heavy atom. The summed E-state index contributed by atoms with van der Waals surface area (Å²) in [5, 5.41) is 4.76. The normalized spacial score (nSPS) is 15.9. The number of nitrogens with zero attached hydrogens (tertiary/aromatic N) is 3. The summed E-state index contributed by atoms with van der Waals surface area (Å²) in [4.78, 5) is 18.6. The van der Waals surface area contributed by atoms with Crippen molar-refractivity contribution in [3.05, 3.63) is 35.2 Å². The average Bonchev–Trinajstić information content (AvgIpc) is 3.05. The summed E-state index contributed by atoms with van der Waals surface area (Å²) < 4.78 is 5.45. The zero-order valence-corrected chi connectivity index (χ0v) is 14.8. The van der Waals surface area contributed by atoms with Crippen LogP contribution in [0.15, 0.2) is 28.8 Å². The van der Waals surface area contributed by atoms with E-state index in [1.807, 2.05) is 29.2 Å². The van der Waals surface area contributed by atoms with E-state index in [4.69, 9.17) is 16.1 Å². The first-order valence-electron chi connectivity index (χ1n) is 8.40. The van der Waals surface area contributed by atoms with Crippen LogP contribution in [0.5, 0.6) is 0 Å². The summed E-state index contributed by atoms with van der Waals surface area (Å²) in [6, 6.07) is 7.38. The summed E-state index contributed by atoms with van der Waals surface area (Å²) >= 11 is 5.90. The van der Waals surface area contributed by atoms with E-state index < -0.39 is 0 Å². The van der Waals surface area contributed by atoms with Crippen molar-refractivity contribution in [1.82, 2.24) is 15.0 Å². The van der Waals surface area contributed by atoms with Gasteiger partial charge in [-0.2, -0.15) is 4.98 Å². The quantitative estimate of drug-likeness (QED) is 0.833. The van der Waals surface area contributed by atoms with Gasteiger partial charge in [-0.3, -0.25) is 4.79 Å². The Kier molecular flexibility index (Phi) is 5.19. The summed E-state index contributed by atoms with van der Waals surface area (Å²) in [6.07, 6.45) is 2.35. The molecule has 0 saturated carbocycles. The van der Waals surface area contributed by atoms with Crippen molar-refractivity contribution in [2.45, 2.75) is 39.0 Å². The molecule has 2 aromatic rings. The predicted octanol–water partition coefficient (Wildman–Crippen LogP) is 4.14. The van der Waals surface area contributed by atoms with Gasteiger partial charge >= 0.3 is 0 Å². The van der Waals surface area contributed by atoms with E-state index in [1.165, 1.54) is 0 Å². The van der Waals surface area contributed by atoms with E-state index in [0.29, 0.717) is 29.1 Å². The van der Waals surface area contributed by atoms with Crippen LogP contribution in [0.25, 0.3) is 11.4 Å². The minimum absolute atomic E-state index is 0.224. The highest BCUT2D eigenvalue weighted by Gasteiger charge is 2.27. The number of hydrogen-bond donors (Lipinski definition) is 0. The molecule has 1 saturated heterocycles. The Morgan fingerprint density at radius 1 is 1.29 bits per heavy atom. The minimum atomic E-state index is 0.224. The molecule has 0 aliphatic carbocycles. The Labute approximate surface area is 147 Å². The highest BCUT2D eigenvalue weighted by Crippen LogP contribution is 2.29. The molecule has 1 aliphatic rings. The molecule has 0 N–H and O–H groups in total. The van der Waals surface area contributed by atoms with Crippen LogP contribution in [0, 0.1) is 5.92 Å². The van der Waals surface area contributed by atoms with Gasteiger partial charge in [-0.25, -0.2) is 0 Å². The highest BCUT2D eigenvalue weighted by atomic mass is 35.5. The number of piperidine rings is 1. The molecule has 0 atom stereocenters. The monoisotopic (exact) mass is 347 g/mol. The van der Waals surface area contributed by atoms with Crippen molar-refractivity contribution in [3.63, 3.8) is 0 Å². The number of likely N-dealkylation sites (tertiary alicyclic amines) is 1. The van der Waals surface area contributed by atoms with E-state index in [9.17, 15) is 4.79 Å². The second-order valence-corrected chi connectivity index (χ2v) is 7.15. The Morgan fingerprint density at radius 2 is 1.96 bits per heavy atom. The van der Waals surface area contributed by atoms with Gasteiger partial charge in [0.05, 0.1) is 0 Å². The lowest BCUT2D eigenvalue weighted by atomic mass is 9.96. The van der Waals surface area contributed by atoms with Crippen LogP contribution in [0.2, 0.25) is 5.02 Å². The SMILES string of the molecule is CC(C)CC(=O)N1CCC(c2nc(-c3ccc(Cl)cc3)no2)CC1. The molecule has 0 spiro atoms. The zero-order chi connectivity index (χ0) is 17.1. The van der Waals surface area contributed by atoms with Gasteiger partial charge < -0.3 is 9.42 Å². The van der Waals surface area contributed by atoms with Crippen LogP contribution in [0.4, 0.5) is 0 Å². The first kappa shape index (κ1) is 17.0. The lowest BCUT2D eigenvalue weighted by molar-refractivity contribution is -0.133. The average molecular weight is 348 g/mol. The fourth-order valence-electron chi connectivity index (χ4n) is 2.97. The van der Waals surface area contributed by atoms with Crippen LogP contribution < -0.4 is 0 Å². The van der Waals surface area contributed by atoms with Crippen LogP contribution >= 0.6 is 11.6 Å². The molecule has 1 fully saturated rings. The Balaban J connectivity index is 1.61. The number of benzene rings is 1. The number of hydrogen-bond acceptors (Lipinski definition) is 4. The summed E-state index contributed by atoms with van der Waals surface area (Å²) in [5.41, 5.74) is 0.888. The van der Waals surface area contributed by atoms with Crippen molar-refractivity contribution in [3.8, 4) is 11.4 Å². The smallest absolute Gasteiger partial charge is 0.230 e. The molecule has 128 valence electrons. The second-order valence-electron chi connectivity index (χ2n) is 6.72. The fourth-order valence-corrected chi connectivity index (χ4v) is 3.10. The van der Waals surface area contributed by atoms with Crippen molar-refractivity contribution >= 4 is 17.5 Å². The number of rotatable bonds is 4. The molecule has 0 radical (unpaired) electrons. The first-order chi connectivity index (χ1) is 11.5. The van der Waals surface area contributed by atoms with E-state index in [-0.39, 0.29) is 11.8 Å². The summed E-state index contributed by atoms with van der Waals surface area (Å²) in [6.45, 7) is 5.66. The van der Waals surface area contributed by atoms with Gasteiger partial charge in [-0.1, -0.05) is 30.6 Å². The molecular formula is C18H22ClN3O2. The third kappa shape index (κ3) is 3.96. The molecule has 6 heteroatoms. The molecule has 0 bridgehead atoms. The molecule has 2 heterocycles. The van der Waals surface area contributed by atoms with E-state index >= 15 is 0 Å². The number of amides is 1. The second kappa shape index (κ2) is 7.34. The van der Waals surface area contributed by atoms with Crippen molar-refractivity contribution < 1.29 is 9.32 Å². The third-order valence-electron chi connectivity index (χ3n) is 4.32. The van der Waals surface area contributed by atoms with Gasteiger partial charge in [0.2, 0.25) is 17.6 Å². The molecule has 24 heavy (non-hydrogen) atoms. The van der Waals surface area contributed by atoms with Crippen LogP contribution in [0.1, 0.15) is 44.9 Å². The van der Waals surface area contributed by atoms with Crippen molar-refractivity contribution in [1.29, 1.82) is 0 Å². The predicted molar refractivity (Wildman–Crippen MR) is 92.8 cm³/mol. The topological polar surface area (TPSA) is 59.2 Å². The van der Waals surface area contributed by atoms with Crippen LogP contribution in [-0.4, -0.2) is 34.0 Å². The van der Waals surface area contributed by atoms with Crippen LogP contribution in [0.3, 0.4) is 0 Å². The summed E-state index contributed by atoms with van der Waals surface area (Å²) in [7, 11) is 0. The molecule has 1 aromatic heterocycles. The number of carbonyl (C=O) groups excluding carboxylic acids is 1. The van der Waals surface area contributed by atoms with E-state index in [2.05, 4.69) is 24.0 Å². The van der Waals surface area contributed by atoms with Crippen LogP contribution in [-0.2, 0) is 4.79 Å². The molecular weight excluding hydrogens is 326 g/mol. The molecule has 3 rings (SSSR count). The van der Waals surface area contributed by atoms with Crippen molar-refractivity contribution in [2.24, 2.45) is 5.92 Å². The maximum atomic E-state index is 12.1. The Hall–Kier alpha value is -1.88. The van der Waals surface area contributed by atoms with Gasteiger partial charge in [0.25, 0.3) is 0 Å². The maximum absolute atomic E-state index is 12.1. The standard InChI is InChI=1S/C18H22ClN3O2/c1-12(2)11-16(23)22-9-7-14(8-10-22)18-20-17(21-24-18)13-3-5-15(19)6-4-13/h3-6,12,14H,7-11H2,1-2H3. The number of carbonyl (C=O) groups is 1. The molecule has 1 aromatic carbocycles. The minimum Gasteiger partial charge on any atom is -0.343 e. The van der Waals surface area contributed by atoms with E-state index in [1.54, 1.807) is 0 Å². The molecule has 1 aliphatic heterocycles. The highest BCUT2D eigenvalue weighted by molar-refractivity contribution is 6.30. The Bertz CT molecular complexity index is 689. The van der Waals surface area contributed by atoms with Crippen molar-refractivity contribution in [2.75, 3.05) is 13.1 Å². The van der Waals surface area contributed by atoms with Gasteiger partial charge in [-0.05, 0) is 43.0 Å². The fraction of sp³-hybridized carbons (Fsp3) is 0.500. The first-order valence-corrected chi connectivity index (χ1v) is 8.78.